The molecule has 0 atom stereocenters. The van der Waals surface area contributed by atoms with Gasteiger partial charge in [-0.15, -0.1) is 0 Å². The summed E-state index contributed by atoms with van der Waals surface area (Å²) in [5, 5.41) is 8.42. The quantitative estimate of drug-likeness (QED) is 0.556. The van der Waals surface area contributed by atoms with E-state index in [0.717, 1.165) is 33.9 Å². The highest BCUT2D eigenvalue weighted by atomic mass is 35.5. The van der Waals surface area contributed by atoms with E-state index in [1.165, 1.54) is 0 Å². The molecule has 136 valence electrons. The molecule has 2 aromatic carbocycles. The van der Waals surface area contributed by atoms with Crippen LogP contribution >= 0.6 is 23.2 Å². The van der Waals surface area contributed by atoms with Crippen molar-refractivity contribution in [2.45, 2.75) is 20.3 Å². The summed E-state index contributed by atoms with van der Waals surface area (Å²) in [7, 11) is 0. The molecule has 4 nitrogen and oxygen atoms in total. The topological polar surface area (TPSA) is 47.1 Å². The molecule has 1 N–H and O–H groups in total. The maximum atomic E-state index is 6.15. The highest BCUT2D eigenvalue weighted by molar-refractivity contribution is 6.35. The van der Waals surface area contributed by atoms with Crippen LogP contribution < -0.4 is 9.47 Å². The number of nitrogens with one attached hydrogen (secondary N) is 1. The van der Waals surface area contributed by atoms with Gasteiger partial charge in [-0.1, -0.05) is 35.3 Å². The van der Waals surface area contributed by atoms with Crippen LogP contribution in [-0.4, -0.2) is 23.4 Å². The molecule has 1 aromatic heterocycles. The molecule has 0 saturated heterocycles. The summed E-state index contributed by atoms with van der Waals surface area (Å²) in [5.74, 6) is 1.52. The van der Waals surface area contributed by atoms with Gasteiger partial charge in [0, 0.05) is 33.2 Å². The van der Waals surface area contributed by atoms with Crippen LogP contribution in [0.15, 0.2) is 42.6 Å². The number of halogens is 2. The minimum Gasteiger partial charge on any atom is -0.490 e. The molecule has 0 spiro atoms. The van der Waals surface area contributed by atoms with E-state index in [9.17, 15) is 0 Å². The molecule has 0 amide bonds. The van der Waals surface area contributed by atoms with Crippen molar-refractivity contribution in [3.05, 3.63) is 63.8 Å². The number of para-hydroxylation sites is 1. The summed E-state index contributed by atoms with van der Waals surface area (Å²) >= 11 is 12.3. The monoisotopic (exact) mass is 390 g/mol. The van der Waals surface area contributed by atoms with Crippen molar-refractivity contribution in [3.8, 4) is 22.8 Å². The van der Waals surface area contributed by atoms with Crippen molar-refractivity contribution in [2.75, 3.05) is 13.2 Å². The average Bonchev–Trinajstić information content (AvgIpc) is 3.05. The second kappa shape index (κ2) is 8.47. The van der Waals surface area contributed by atoms with Crippen LogP contribution in [0.25, 0.3) is 11.3 Å². The Hall–Kier alpha value is -2.17. The smallest absolute Gasteiger partial charge is 0.164 e. The zero-order valence-corrected chi connectivity index (χ0v) is 16.2. The Morgan fingerprint density at radius 2 is 1.69 bits per heavy atom. The molecular weight excluding hydrogens is 371 g/mol. The molecular formula is C20H20Cl2N2O2. The molecule has 26 heavy (non-hydrogen) atoms. The van der Waals surface area contributed by atoms with Gasteiger partial charge in [-0.25, -0.2) is 0 Å². The predicted molar refractivity (Wildman–Crippen MR) is 106 cm³/mol. The maximum absolute atomic E-state index is 6.15. The number of benzene rings is 2. The first-order chi connectivity index (χ1) is 12.6. The number of ether oxygens (including phenoxy) is 2. The van der Waals surface area contributed by atoms with Gasteiger partial charge >= 0.3 is 0 Å². The molecule has 0 radical (unpaired) electrons. The predicted octanol–water partition coefficient (Wildman–Crippen LogP) is 5.77. The standard InChI is InChI=1S/C20H20Cl2N2O2/c1-3-25-18-7-5-6-13(20(18)26-4-2)8-15-12-23-24-19(15)14-9-16(21)11-17(22)10-14/h5-7,9-12H,3-4,8H2,1-2H3,(H,23,24). The second-order valence-electron chi connectivity index (χ2n) is 5.72. The lowest BCUT2D eigenvalue weighted by Gasteiger charge is -2.15. The number of nitrogens with zero attached hydrogens (tertiary/aromatic N) is 1. The lowest BCUT2D eigenvalue weighted by molar-refractivity contribution is 0.285. The molecule has 0 bridgehead atoms. The normalized spacial score (nSPS) is 10.8. The number of H-pyrrole nitrogens is 1. The van der Waals surface area contributed by atoms with Gasteiger partial charge in [0.05, 0.1) is 25.1 Å². The van der Waals surface area contributed by atoms with Crippen molar-refractivity contribution >= 4 is 23.2 Å². The van der Waals surface area contributed by atoms with Crippen LogP contribution in [0.4, 0.5) is 0 Å². The fourth-order valence-electron chi connectivity index (χ4n) is 2.88. The summed E-state index contributed by atoms with van der Waals surface area (Å²) in [6.45, 7) is 5.07. The largest absolute Gasteiger partial charge is 0.490 e. The molecule has 0 aliphatic rings. The molecule has 0 aliphatic heterocycles. The number of hydrogen-bond donors (Lipinski definition) is 1. The van der Waals surface area contributed by atoms with Crippen LogP contribution in [0.5, 0.6) is 11.5 Å². The van der Waals surface area contributed by atoms with Gasteiger partial charge in [0.25, 0.3) is 0 Å². The Bertz CT molecular complexity index is 873. The zero-order chi connectivity index (χ0) is 18.5. The Kier molecular flexibility index (Phi) is 6.07. The van der Waals surface area contributed by atoms with Gasteiger partial charge in [0.15, 0.2) is 11.5 Å². The molecule has 3 aromatic rings. The van der Waals surface area contributed by atoms with E-state index < -0.39 is 0 Å². The molecule has 0 saturated carbocycles. The Morgan fingerprint density at radius 1 is 0.962 bits per heavy atom. The van der Waals surface area contributed by atoms with E-state index >= 15 is 0 Å². The first kappa shape index (κ1) is 18.6. The Labute approximate surface area is 163 Å². The fourth-order valence-corrected chi connectivity index (χ4v) is 3.40. The van der Waals surface area contributed by atoms with Crippen LogP contribution in [0, 0.1) is 0 Å². The Morgan fingerprint density at radius 3 is 2.38 bits per heavy atom. The Balaban J connectivity index is 1.98. The third-order valence-electron chi connectivity index (χ3n) is 3.90. The molecule has 0 fully saturated rings. The molecule has 0 unspecified atom stereocenters. The van der Waals surface area contributed by atoms with Crippen molar-refractivity contribution in [1.29, 1.82) is 0 Å². The van der Waals surface area contributed by atoms with Gasteiger partial charge in [0.2, 0.25) is 0 Å². The minimum atomic E-state index is 0.569. The van der Waals surface area contributed by atoms with Gasteiger partial charge in [-0.05, 0) is 38.1 Å². The highest BCUT2D eigenvalue weighted by Gasteiger charge is 2.15. The van der Waals surface area contributed by atoms with E-state index in [1.54, 1.807) is 6.07 Å². The van der Waals surface area contributed by atoms with Crippen LogP contribution in [0.3, 0.4) is 0 Å². The van der Waals surface area contributed by atoms with Gasteiger partial charge in [-0.2, -0.15) is 5.10 Å². The van der Waals surface area contributed by atoms with Gasteiger partial charge in [-0.3, -0.25) is 5.10 Å². The summed E-state index contributed by atoms with van der Waals surface area (Å²) in [5.41, 5.74) is 3.85. The van der Waals surface area contributed by atoms with Crippen molar-refractivity contribution < 1.29 is 9.47 Å². The van der Waals surface area contributed by atoms with E-state index in [4.69, 9.17) is 32.7 Å². The summed E-state index contributed by atoms with van der Waals surface area (Å²) in [4.78, 5) is 0. The molecule has 3 rings (SSSR count). The lowest BCUT2D eigenvalue weighted by Crippen LogP contribution is -2.02. The van der Waals surface area contributed by atoms with Gasteiger partial charge < -0.3 is 9.47 Å². The first-order valence-electron chi connectivity index (χ1n) is 8.48. The zero-order valence-electron chi connectivity index (χ0n) is 14.7. The van der Waals surface area contributed by atoms with Crippen LogP contribution in [-0.2, 0) is 6.42 Å². The average molecular weight is 391 g/mol. The van der Waals surface area contributed by atoms with E-state index in [2.05, 4.69) is 10.2 Å². The SMILES string of the molecule is CCOc1cccc(Cc2cn[nH]c2-c2cc(Cl)cc(Cl)c2)c1OCC. The highest BCUT2D eigenvalue weighted by Crippen LogP contribution is 2.35. The molecule has 1 heterocycles. The number of hydrogen-bond acceptors (Lipinski definition) is 3. The molecule has 6 heteroatoms. The van der Waals surface area contributed by atoms with Crippen LogP contribution in [0.1, 0.15) is 25.0 Å². The molecule has 0 aliphatic carbocycles. The summed E-state index contributed by atoms with van der Waals surface area (Å²) in [6.07, 6.45) is 2.46. The fraction of sp³-hybridized carbons (Fsp3) is 0.250. The van der Waals surface area contributed by atoms with E-state index in [0.29, 0.717) is 29.7 Å². The van der Waals surface area contributed by atoms with E-state index in [1.807, 2.05) is 50.4 Å². The van der Waals surface area contributed by atoms with Crippen molar-refractivity contribution in [1.82, 2.24) is 10.2 Å². The summed E-state index contributed by atoms with van der Waals surface area (Å²) < 4.78 is 11.6. The summed E-state index contributed by atoms with van der Waals surface area (Å²) in [6, 6.07) is 11.4. The first-order valence-corrected chi connectivity index (χ1v) is 9.24. The number of aromatic nitrogens is 2. The van der Waals surface area contributed by atoms with Crippen LogP contribution in [0.2, 0.25) is 10.0 Å². The van der Waals surface area contributed by atoms with Crippen molar-refractivity contribution in [3.63, 3.8) is 0 Å². The number of rotatable bonds is 7. The minimum absolute atomic E-state index is 0.569. The maximum Gasteiger partial charge on any atom is 0.164 e. The lowest BCUT2D eigenvalue weighted by atomic mass is 10.0. The number of aromatic amines is 1. The van der Waals surface area contributed by atoms with Gasteiger partial charge in [0.1, 0.15) is 0 Å². The third-order valence-corrected chi connectivity index (χ3v) is 4.34. The second-order valence-corrected chi connectivity index (χ2v) is 6.59. The van der Waals surface area contributed by atoms with Crippen molar-refractivity contribution in [2.24, 2.45) is 0 Å². The van der Waals surface area contributed by atoms with E-state index in [-0.39, 0.29) is 0 Å². The third kappa shape index (κ3) is 4.14.